The molecule has 0 saturated heterocycles. The fourth-order valence-corrected chi connectivity index (χ4v) is 4.51. The van der Waals surface area contributed by atoms with Crippen LogP contribution < -0.4 is 10.7 Å². The monoisotopic (exact) mass is 399 g/mol. The SMILES string of the molecule is O=C(CNc1ncnc2sc3c(c12)CCCC3)NN=Cc1ccc(Cl)cc1. The molecule has 0 radical (unpaired) electrons. The third-order valence-corrected chi connectivity index (χ3v) is 5.89. The Kier molecular flexibility index (Phi) is 5.31. The zero-order chi connectivity index (χ0) is 18.6. The second-order valence-corrected chi connectivity index (χ2v) is 7.83. The van der Waals surface area contributed by atoms with Gasteiger partial charge in [0.1, 0.15) is 17.0 Å². The fourth-order valence-electron chi connectivity index (χ4n) is 3.16. The van der Waals surface area contributed by atoms with Gasteiger partial charge >= 0.3 is 0 Å². The summed E-state index contributed by atoms with van der Waals surface area (Å²) in [5.41, 5.74) is 4.71. The van der Waals surface area contributed by atoms with Crippen molar-refractivity contribution >= 4 is 51.1 Å². The first-order valence-corrected chi connectivity index (χ1v) is 9.97. The van der Waals surface area contributed by atoms with Crippen LogP contribution in [0.5, 0.6) is 0 Å². The molecule has 27 heavy (non-hydrogen) atoms. The van der Waals surface area contributed by atoms with Crippen molar-refractivity contribution in [1.82, 2.24) is 15.4 Å². The lowest BCUT2D eigenvalue weighted by Gasteiger charge is -2.12. The molecule has 0 bridgehead atoms. The minimum absolute atomic E-state index is 0.0920. The predicted molar refractivity (Wildman–Crippen MR) is 110 cm³/mol. The molecule has 1 aromatic carbocycles. The number of rotatable bonds is 5. The highest BCUT2D eigenvalue weighted by atomic mass is 35.5. The number of nitrogens with zero attached hydrogens (tertiary/aromatic N) is 3. The molecule has 3 aromatic rings. The number of thiophene rings is 1. The summed E-state index contributed by atoms with van der Waals surface area (Å²) in [5.74, 6) is 0.479. The second kappa shape index (κ2) is 8.02. The number of carbonyl (C=O) groups is 1. The Morgan fingerprint density at radius 1 is 1.22 bits per heavy atom. The molecule has 0 fully saturated rings. The van der Waals surface area contributed by atoms with E-state index >= 15 is 0 Å². The van der Waals surface area contributed by atoms with E-state index in [9.17, 15) is 4.79 Å². The van der Waals surface area contributed by atoms with E-state index in [0.29, 0.717) is 5.02 Å². The van der Waals surface area contributed by atoms with E-state index in [1.54, 1.807) is 36.0 Å². The quantitative estimate of drug-likeness (QED) is 0.505. The van der Waals surface area contributed by atoms with Crippen molar-refractivity contribution in [3.8, 4) is 0 Å². The van der Waals surface area contributed by atoms with Crippen molar-refractivity contribution in [2.24, 2.45) is 5.10 Å². The highest BCUT2D eigenvalue weighted by molar-refractivity contribution is 7.19. The summed E-state index contributed by atoms with van der Waals surface area (Å²) in [5, 5.41) is 8.82. The van der Waals surface area contributed by atoms with Crippen LogP contribution >= 0.6 is 22.9 Å². The van der Waals surface area contributed by atoms with Gasteiger partial charge in [-0.25, -0.2) is 15.4 Å². The molecule has 0 spiro atoms. The number of aromatic nitrogens is 2. The van der Waals surface area contributed by atoms with E-state index in [0.717, 1.165) is 34.4 Å². The van der Waals surface area contributed by atoms with Gasteiger partial charge in [-0.2, -0.15) is 5.10 Å². The van der Waals surface area contributed by atoms with Crippen LogP contribution in [0.2, 0.25) is 5.02 Å². The first-order valence-electron chi connectivity index (χ1n) is 8.77. The van der Waals surface area contributed by atoms with E-state index in [1.165, 1.54) is 23.3 Å². The molecular formula is C19H18ClN5OS. The highest BCUT2D eigenvalue weighted by Gasteiger charge is 2.19. The number of anilines is 1. The molecule has 138 valence electrons. The van der Waals surface area contributed by atoms with Crippen LogP contribution in [0.4, 0.5) is 5.82 Å². The van der Waals surface area contributed by atoms with Gasteiger partial charge in [-0.05, 0) is 48.9 Å². The third kappa shape index (κ3) is 4.09. The first-order chi connectivity index (χ1) is 13.2. The summed E-state index contributed by atoms with van der Waals surface area (Å²) in [7, 11) is 0. The van der Waals surface area contributed by atoms with Crippen molar-refractivity contribution in [3.05, 3.63) is 51.6 Å². The Balaban J connectivity index is 1.40. The summed E-state index contributed by atoms with van der Waals surface area (Å²) in [4.78, 5) is 23.2. The largest absolute Gasteiger partial charge is 0.360 e. The highest BCUT2D eigenvalue weighted by Crippen LogP contribution is 2.37. The summed E-state index contributed by atoms with van der Waals surface area (Å²) >= 11 is 7.58. The van der Waals surface area contributed by atoms with E-state index in [2.05, 4.69) is 25.8 Å². The van der Waals surface area contributed by atoms with Gasteiger partial charge in [0.25, 0.3) is 5.91 Å². The molecule has 4 rings (SSSR count). The molecule has 8 heteroatoms. The van der Waals surface area contributed by atoms with Gasteiger partial charge in [0, 0.05) is 9.90 Å². The topological polar surface area (TPSA) is 79.3 Å². The zero-order valence-corrected chi connectivity index (χ0v) is 16.1. The number of fused-ring (bicyclic) bond motifs is 3. The van der Waals surface area contributed by atoms with E-state index in [1.807, 2.05) is 12.1 Å². The molecule has 0 saturated carbocycles. The summed E-state index contributed by atoms with van der Waals surface area (Å²) in [6, 6.07) is 7.20. The van der Waals surface area contributed by atoms with Crippen LogP contribution in [-0.2, 0) is 17.6 Å². The molecule has 2 heterocycles. The number of halogens is 1. The van der Waals surface area contributed by atoms with E-state index < -0.39 is 0 Å². The molecule has 1 amide bonds. The van der Waals surface area contributed by atoms with Gasteiger partial charge in [0.2, 0.25) is 0 Å². The van der Waals surface area contributed by atoms with Crippen LogP contribution in [0, 0.1) is 0 Å². The van der Waals surface area contributed by atoms with Gasteiger partial charge in [0.15, 0.2) is 0 Å². The third-order valence-electron chi connectivity index (χ3n) is 4.44. The van der Waals surface area contributed by atoms with Crippen molar-refractivity contribution in [3.63, 3.8) is 0 Å². The smallest absolute Gasteiger partial charge is 0.259 e. The predicted octanol–water partition coefficient (Wildman–Crippen LogP) is 3.79. The maximum absolute atomic E-state index is 12.1. The molecule has 1 aliphatic carbocycles. The lowest BCUT2D eigenvalue weighted by Crippen LogP contribution is -2.26. The van der Waals surface area contributed by atoms with Gasteiger partial charge < -0.3 is 5.32 Å². The summed E-state index contributed by atoms with van der Waals surface area (Å²) in [6.45, 7) is 0.0920. The Hall–Kier alpha value is -2.51. The number of amides is 1. The Morgan fingerprint density at radius 2 is 2.04 bits per heavy atom. The molecule has 0 unspecified atom stereocenters. The second-order valence-electron chi connectivity index (χ2n) is 6.31. The lowest BCUT2D eigenvalue weighted by atomic mass is 9.97. The standard InChI is InChI=1S/C19H18ClN5OS/c20-13-7-5-12(6-8-13)9-24-25-16(26)10-21-18-17-14-3-1-2-4-15(14)27-19(17)23-11-22-18/h5-9,11H,1-4,10H2,(H,25,26)(H,21,22,23). The average Bonchev–Trinajstić information content (AvgIpc) is 3.07. The molecular weight excluding hydrogens is 382 g/mol. The summed E-state index contributed by atoms with van der Waals surface area (Å²) in [6.07, 6.45) is 7.69. The van der Waals surface area contributed by atoms with E-state index in [4.69, 9.17) is 11.6 Å². The summed E-state index contributed by atoms with van der Waals surface area (Å²) < 4.78 is 0. The fraction of sp³-hybridized carbons (Fsp3) is 0.263. The van der Waals surface area contributed by atoms with Crippen LogP contribution in [0.25, 0.3) is 10.2 Å². The first kappa shape index (κ1) is 17.9. The molecule has 0 atom stereocenters. The van der Waals surface area contributed by atoms with Gasteiger partial charge in [-0.3, -0.25) is 4.79 Å². The number of hydrogen-bond acceptors (Lipinski definition) is 6. The minimum Gasteiger partial charge on any atom is -0.360 e. The van der Waals surface area contributed by atoms with Crippen LogP contribution in [0.15, 0.2) is 35.7 Å². The zero-order valence-electron chi connectivity index (χ0n) is 14.5. The van der Waals surface area contributed by atoms with Crippen molar-refractivity contribution < 1.29 is 4.79 Å². The molecule has 6 nitrogen and oxygen atoms in total. The number of hydrogen-bond donors (Lipinski definition) is 2. The number of aryl methyl sites for hydroxylation is 2. The Bertz CT molecular complexity index is 999. The maximum atomic E-state index is 12.1. The van der Waals surface area contributed by atoms with Crippen molar-refractivity contribution in [2.45, 2.75) is 25.7 Å². The lowest BCUT2D eigenvalue weighted by molar-refractivity contribution is -0.119. The van der Waals surface area contributed by atoms with Gasteiger partial charge in [-0.15, -0.1) is 11.3 Å². The normalized spacial score (nSPS) is 13.7. The number of benzene rings is 1. The Morgan fingerprint density at radius 3 is 2.89 bits per heavy atom. The molecule has 2 N–H and O–H groups in total. The minimum atomic E-state index is -0.240. The maximum Gasteiger partial charge on any atom is 0.259 e. The average molecular weight is 400 g/mol. The van der Waals surface area contributed by atoms with Gasteiger partial charge in [-0.1, -0.05) is 23.7 Å². The van der Waals surface area contributed by atoms with Crippen LogP contribution in [0.3, 0.4) is 0 Å². The van der Waals surface area contributed by atoms with Crippen molar-refractivity contribution in [1.29, 1.82) is 0 Å². The molecule has 2 aromatic heterocycles. The Labute approximate surface area is 165 Å². The van der Waals surface area contributed by atoms with Crippen LogP contribution in [0.1, 0.15) is 28.8 Å². The number of nitrogens with one attached hydrogen (secondary N) is 2. The number of carbonyl (C=O) groups excluding carboxylic acids is 1. The molecule has 0 aliphatic heterocycles. The van der Waals surface area contributed by atoms with Gasteiger partial charge in [0.05, 0.1) is 18.1 Å². The van der Waals surface area contributed by atoms with Crippen molar-refractivity contribution in [2.75, 3.05) is 11.9 Å². The molecule has 1 aliphatic rings. The van der Waals surface area contributed by atoms with E-state index in [-0.39, 0.29) is 12.5 Å². The number of hydrazone groups is 1. The van der Waals surface area contributed by atoms with Crippen LogP contribution in [-0.4, -0.2) is 28.6 Å².